The molecule has 2 rings (SSSR count). The van der Waals surface area contributed by atoms with Crippen LogP contribution in [0.1, 0.15) is 5.56 Å². The maximum absolute atomic E-state index is 12.2. The number of nitrogens with zero attached hydrogens (tertiary/aromatic N) is 1. The van der Waals surface area contributed by atoms with E-state index in [-0.39, 0.29) is 5.58 Å². The number of fused-ring (bicyclic) bond motifs is 1. The third-order valence-electron chi connectivity index (χ3n) is 1.66. The quantitative estimate of drug-likeness (QED) is 0.633. The van der Waals surface area contributed by atoms with Crippen LogP contribution in [0.15, 0.2) is 29.0 Å². The van der Waals surface area contributed by atoms with Crippen LogP contribution in [-0.2, 0) is 6.18 Å². The number of rotatable bonds is 0. The van der Waals surface area contributed by atoms with E-state index in [0.717, 1.165) is 18.5 Å². The fourth-order valence-electron chi connectivity index (χ4n) is 1.03. The Morgan fingerprint density at radius 1 is 1.23 bits per heavy atom. The van der Waals surface area contributed by atoms with E-state index in [1.54, 1.807) is 0 Å². The van der Waals surface area contributed by atoms with Gasteiger partial charge in [-0.15, -0.1) is 0 Å². The van der Waals surface area contributed by atoms with Crippen molar-refractivity contribution in [2.75, 3.05) is 0 Å². The molecule has 0 saturated heterocycles. The summed E-state index contributed by atoms with van der Waals surface area (Å²) in [6.45, 7) is 0. The van der Waals surface area contributed by atoms with E-state index in [4.69, 9.17) is 4.42 Å². The predicted octanol–water partition coefficient (Wildman–Crippen LogP) is 2.85. The standard InChI is InChI=1S/C8H4F3NO/c9-8(10,11)5-1-2-6-7(3-5)13-4-12-6/h1-4H. The molecule has 0 bridgehead atoms. The van der Waals surface area contributed by atoms with E-state index in [1.165, 1.54) is 6.07 Å². The molecule has 5 heteroatoms. The normalized spacial score (nSPS) is 12.2. The number of alkyl halides is 3. The van der Waals surface area contributed by atoms with Crippen LogP contribution >= 0.6 is 0 Å². The molecule has 0 fully saturated rings. The topological polar surface area (TPSA) is 26.0 Å². The Balaban J connectivity index is 2.61. The molecule has 0 aliphatic heterocycles. The van der Waals surface area contributed by atoms with Crippen LogP contribution < -0.4 is 0 Å². The van der Waals surface area contributed by atoms with Crippen molar-refractivity contribution in [2.45, 2.75) is 6.18 Å². The largest absolute Gasteiger partial charge is 0.443 e. The molecule has 0 amide bonds. The summed E-state index contributed by atoms with van der Waals surface area (Å²) in [4.78, 5) is 3.71. The summed E-state index contributed by atoms with van der Waals surface area (Å²) < 4.78 is 41.2. The van der Waals surface area contributed by atoms with Gasteiger partial charge in [0, 0.05) is 0 Å². The maximum Gasteiger partial charge on any atom is 0.416 e. The molecule has 0 atom stereocenters. The van der Waals surface area contributed by atoms with Gasteiger partial charge in [-0.25, -0.2) is 4.98 Å². The van der Waals surface area contributed by atoms with E-state index in [0.29, 0.717) is 5.52 Å². The second kappa shape index (κ2) is 2.48. The lowest BCUT2D eigenvalue weighted by atomic mass is 10.2. The van der Waals surface area contributed by atoms with E-state index in [2.05, 4.69) is 4.98 Å². The molecule has 0 spiro atoms. The molecule has 2 aromatic rings. The van der Waals surface area contributed by atoms with Gasteiger partial charge in [0.2, 0.25) is 0 Å². The van der Waals surface area contributed by atoms with Crippen LogP contribution in [-0.4, -0.2) is 4.98 Å². The average Bonchev–Trinajstić information content (AvgIpc) is 2.47. The van der Waals surface area contributed by atoms with Crippen LogP contribution in [0.3, 0.4) is 0 Å². The first kappa shape index (κ1) is 8.10. The molecule has 1 aromatic carbocycles. The highest BCUT2D eigenvalue weighted by Crippen LogP contribution is 2.30. The summed E-state index contributed by atoms with van der Waals surface area (Å²) in [6, 6.07) is 3.19. The number of benzene rings is 1. The number of hydrogen-bond donors (Lipinski definition) is 0. The molecule has 13 heavy (non-hydrogen) atoms. The molecule has 1 heterocycles. The molecule has 0 unspecified atom stereocenters. The summed E-state index contributed by atoms with van der Waals surface area (Å²) in [6.07, 6.45) is -3.22. The summed E-state index contributed by atoms with van der Waals surface area (Å²) in [5.41, 5.74) is -0.153. The average molecular weight is 187 g/mol. The fourth-order valence-corrected chi connectivity index (χ4v) is 1.03. The molecule has 0 aliphatic rings. The van der Waals surface area contributed by atoms with Gasteiger partial charge in [-0.3, -0.25) is 0 Å². The lowest BCUT2D eigenvalue weighted by molar-refractivity contribution is -0.137. The summed E-state index contributed by atoms with van der Waals surface area (Å²) >= 11 is 0. The fraction of sp³-hybridized carbons (Fsp3) is 0.125. The van der Waals surface area contributed by atoms with Gasteiger partial charge in [-0.05, 0) is 18.2 Å². The first-order valence-electron chi connectivity index (χ1n) is 3.48. The molecular formula is C8H4F3NO. The van der Waals surface area contributed by atoms with Gasteiger partial charge in [0.15, 0.2) is 12.0 Å². The minimum absolute atomic E-state index is 0.148. The SMILES string of the molecule is FC(F)(F)c1ccc2ncoc2c1. The smallest absolute Gasteiger partial charge is 0.416 e. The van der Waals surface area contributed by atoms with Crippen LogP contribution in [0.4, 0.5) is 13.2 Å². The van der Waals surface area contributed by atoms with Crippen LogP contribution in [0.2, 0.25) is 0 Å². The number of halogens is 3. The van der Waals surface area contributed by atoms with Gasteiger partial charge < -0.3 is 4.42 Å². The van der Waals surface area contributed by atoms with Crippen LogP contribution in [0.5, 0.6) is 0 Å². The van der Waals surface area contributed by atoms with Crippen molar-refractivity contribution in [1.29, 1.82) is 0 Å². The Hall–Kier alpha value is -1.52. The van der Waals surface area contributed by atoms with Gasteiger partial charge in [0.25, 0.3) is 0 Å². The van der Waals surface area contributed by atoms with Crippen molar-refractivity contribution in [1.82, 2.24) is 4.98 Å². The molecule has 0 radical (unpaired) electrons. The molecule has 0 N–H and O–H groups in total. The zero-order chi connectivity index (χ0) is 9.47. The van der Waals surface area contributed by atoms with Gasteiger partial charge in [0.1, 0.15) is 5.52 Å². The minimum atomic E-state index is -4.33. The highest BCUT2D eigenvalue weighted by Gasteiger charge is 2.30. The Labute approximate surface area is 71.0 Å². The zero-order valence-corrected chi connectivity index (χ0v) is 6.30. The third kappa shape index (κ3) is 1.37. The van der Waals surface area contributed by atoms with E-state index in [1.807, 2.05) is 0 Å². The van der Waals surface area contributed by atoms with Gasteiger partial charge in [-0.2, -0.15) is 13.2 Å². The van der Waals surface area contributed by atoms with Crippen molar-refractivity contribution in [2.24, 2.45) is 0 Å². The molecule has 68 valence electrons. The highest BCUT2D eigenvalue weighted by atomic mass is 19.4. The first-order chi connectivity index (χ1) is 6.07. The Morgan fingerprint density at radius 2 is 2.00 bits per heavy atom. The molecule has 0 saturated carbocycles. The Bertz CT molecular complexity index is 432. The monoisotopic (exact) mass is 187 g/mol. The number of oxazole rings is 1. The van der Waals surface area contributed by atoms with E-state index >= 15 is 0 Å². The molecule has 0 aliphatic carbocycles. The summed E-state index contributed by atoms with van der Waals surface area (Å²) in [5, 5.41) is 0. The van der Waals surface area contributed by atoms with Crippen molar-refractivity contribution < 1.29 is 17.6 Å². The Morgan fingerprint density at radius 3 is 2.69 bits per heavy atom. The van der Waals surface area contributed by atoms with Crippen LogP contribution in [0, 0.1) is 0 Å². The van der Waals surface area contributed by atoms with Crippen molar-refractivity contribution >= 4 is 11.1 Å². The Kier molecular flexibility index (Phi) is 1.55. The lowest BCUT2D eigenvalue weighted by Crippen LogP contribution is -2.03. The summed E-state index contributed by atoms with van der Waals surface area (Å²) in [7, 11) is 0. The minimum Gasteiger partial charge on any atom is -0.443 e. The van der Waals surface area contributed by atoms with Gasteiger partial charge >= 0.3 is 6.18 Å². The molecular weight excluding hydrogens is 183 g/mol. The van der Waals surface area contributed by atoms with Crippen LogP contribution in [0.25, 0.3) is 11.1 Å². The van der Waals surface area contributed by atoms with Crippen molar-refractivity contribution in [3.63, 3.8) is 0 Å². The zero-order valence-electron chi connectivity index (χ0n) is 6.30. The van der Waals surface area contributed by atoms with Gasteiger partial charge in [0.05, 0.1) is 5.56 Å². The van der Waals surface area contributed by atoms with Crippen molar-refractivity contribution in [3.05, 3.63) is 30.2 Å². The van der Waals surface area contributed by atoms with Gasteiger partial charge in [-0.1, -0.05) is 0 Å². The first-order valence-corrected chi connectivity index (χ1v) is 3.48. The van der Waals surface area contributed by atoms with E-state index < -0.39 is 11.7 Å². The molecule has 1 aromatic heterocycles. The number of aromatic nitrogens is 1. The second-order valence-electron chi connectivity index (χ2n) is 2.53. The third-order valence-corrected chi connectivity index (χ3v) is 1.66. The maximum atomic E-state index is 12.2. The molecule has 2 nitrogen and oxygen atoms in total. The van der Waals surface area contributed by atoms with E-state index in [9.17, 15) is 13.2 Å². The predicted molar refractivity (Wildman–Crippen MR) is 39.0 cm³/mol. The second-order valence-corrected chi connectivity index (χ2v) is 2.53. The lowest BCUT2D eigenvalue weighted by Gasteiger charge is -2.04. The summed E-state index contributed by atoms with van der Waals surface area (Å²) in [5.74, 6) is 0. The highest BCUT2D eigenvalue weighted by molar-refractivity contribution is 5.72. The van der Waals surface area contributed by atoms with Crippen molar-refractivity contribution in [3.8, 4) is 0 Å². The number of hydrogen-bond acceptors (Lipinski definition) is 2.